The zero-order valence-corrected chi connectivity index (χ0v) is 13.3. The van der Waals surface area contributed by atoms with E-state index in [1.165, 1.54) is 25.7 Å². The highest BCUT2D eigenvalue weighted by atomic mass is 35.5. The van der Waals surface area contributed by atoms with E-state index in [1.807, 2.05) is 0 Å². The monoisotopic (exact) mass is 310 g/mol. The van der Waals surface area contributed by atoms with Gasteiger partial charge < -0.3 is 10.1 Å². The number of rotatable bonds is 6. The summed E-state index contributed by atoms with van der Waals surface area (Å²) in [7, 11) is 1.75. The molecule has 1 aromatic heterocycles. The molecule has 0 amide bonds. The van der Waals surface area contributed by atoms with Gasteiger partial charge in [-0.15, -0.1) is 10.2 Å². The van der Waals surface area contributed by atoms with Gasteiger partial charge in [0.15, 0.2) is 5.15 Å². The Labute approximate surface area is 131 Å². The van der Waals surface area contributed by atoms with E-state index in [9.17, 15) is 0 Å². The number of hydrogen-bond acceptors (Lipinski definition) is 5. The molecule has 2 fully saturated rings. The van der Waals surface area contributed by atoms with Gasteiger partial charge in [-0.2, -0.15) is 0 Å². The molecular formula is C15H23ClN4O. The van der Waals surface area contributed by atoms with Crippen LogP contribution in [0.25, 0.3) is 0 Å². The van der Waals surface area contributed by atoms with Crippen LogP contribution in [0.1, 0.15) is 37.2 Å². The summed E-state index contributed by atoms with van der Waals surface area (Å²) in [6, 6.07) is 2.51. The van der Waals surface area contributed by atoms with Crippen molar-refractivity contribution in [2.75, 3.05) is 38.7 Å². The summed E-state index contributed by atoms with van der Waals surface area (Å²) in [5.41, 5.74) is 1.15. The first-order valence-electron chi connectivity index (χ1n) is 7.77. The molecule has 0 radical (unpaired) electrons. The van der Waals surface area contributed by atoms with Crippen LogP contribution in [-0.4, -0.2) is 54.5 Å². The third kappa shape index (κ3) is 4.05. The predicted octanol–water partition coefficient (Wildman–Crippen LogP) is 2.53. The van der Waals surface area contributed by atoms with Crippen LogP contribution in [0.2, 0.25) is 5.15 Å². The van der Waals surface area contributed by atoms with Crippen LogP contribution in [0, 0.1) is 0 Å². The number of methoxy groups -OCH3 is 1. The van der Waals surface area contributed by atoms with Gasteiger partial charge in [0.05, 0.1) is 6.61 Å². The fourth-order valence-electron chi connectivity index (χ4n) is 2.95. The molecule has 6 heteroatoms. The second kappa shape index (κ2) is 6.90. The standard InChI is InChI=1S/C15H23ClN4O/c1-21-8-7-20-6-2-3-12(10-20)17-14-9-13(11-4-5-11)15(16)19-18-14/h9,11-12H,2-8,10H2,1H3,(H,17,18)/t12-/m1/s1. The Morgan fingerprint density at radius 1 is 1.38 bits per heavy atom. The largest absolute Gasteiger partial charge is 0.383 e. The predicted molar refractivity (Wildman–Crippen MR) is 84.0 cm³/mol. The number of ether oxygens (including phenoxy) is 1. The molecule has 21 heavy (non-hydrogen) atoms. The fraction of sp³-hybridized carbons (Fsp3) is 0.733. The second-order valence-corrected chi connectivity index (χ2v) is 6.38. The van der Waals surface area contributed by atoms with Gasteiger partial charge in [-0.25, -0.2) is 0 Å². The van der Waals surface area contributed by atoms with E-state index in [0.717, 1.165) is 37.6 Å². The van der Waals surface area contributed by atoms with Gasteiger partial charge >= 0.3 is 0 Å². The molecule has 116 valence electrons. The van der Waals surface area contributed by atoms with Gasteiger partial charge in [0.2, 0.25) is 0 Å². The molecule has 1 N–H and O–H groups in total. The third-order valence-corrected chi connectivity index (χ3v) is 4.56. The van der Waals surface area contributed by atoms with Crippen LogP contribution in [0.5, 0.6) is 0 Å². The minimum absolute atomic E-state index is 0.429. The van der Waals surface area contributed by atoms with Gasteiger partial charge in [0.25, 0.3) is 0 Å². The number of likely N-dealkylation sites (tertiary alicyclic amines) is 1. The second-order valence-electron chi connectivity index (χ2n) is 6.03. The van der Waals surface area contributed by atoms with Crippen molar-refractivity contribution in [2.24, 2.45) is 0 Å². The van der Waals surface area contributed by atoms with E-state index < -0.39 is 0 Å². The van der Waals surface area contributed by atoms with Gasteiger partial charge in [0.1, 0.15) is 5.82 Å². The third-order valence-electron chi connectivity index (χ3n) is 4.26. The Kier molecular flexibility index (Phi) is 4.93. The number of aromatic nitrogens is 2. The smallest absolute Gasteiger partial charge is 0.155 e. The van der Waals surface area contributed by atoms with Gasteiger partial charge in [-0.1, -0.05) is 11.6 Å². The highest BCUT2D eigenvalue weighted by Gasteiger charge is 2.27. The lowest BCUT2D eigenvalue weighted by Gasteiger charge is -2.33. The lowest BCUT2D eigenvalue weighted by molar-refractivity contribution is 0.131. The summed E-state index contributed by atoms with van der Waals surface area (Å²) < 4.78 is 5.16. The maximum Gasteiger partial charge on any atom is 0.155 e. The first-order chi connectivity index (χ1) is 10.3. The SMILES string of the molecule is COCCN1CCC[C@@H](Nc2cc(C3CC3)c(Cl)nn2)C1. The molecule has 0 bridgehead atoms. The summed E-state index contributed by atoms with van der Waals surface area (Å²) in [5.74, 6) is 1.46. The highest BCUT2D eigenvalue weighted by Crippen LogP contribution is 2.43. The molecule has 0 spiro atoms. The molecule has 3 rings (SSSR count). The Balaban J connectivity index is 1.59. The van der Waals surface area contributed by atoms with Crippen LogP contribution < -0.4 is 5.32 Å². The van der Waals surface area contributed by atoms with E-state index in [-0.39, 0.29) is 0 Å². The number of halogens is 1. The first kappa shape index (κ1) is 15.0. The lowest BCUT2D eigenvalue weighted by atomic mass is 10.1. The van der Waals surface area contributed by atoms with Crippen molar-refractivity contribution < 1.29 is 4.74 Å². The zero-order chi connectivity index (χ0) is 14.7. The van der Waals surface area contributed by atoms with Crippen LogP contribution in [-0.2, 0) is 4.74 Å². The topological polar surface area (TPSA) is 50.3 Å². The number of nitrogens with zero attached hydrogens (tertiary/aromatic N) is 3. The van der Waals surface area contributed by atoms with Crippen LogP contribution in [0.15, 0.2) is 6.07 Å². The van der Waals surface area contributed by atoms with Crippen molar-refractivity contribution in [1.82, 2.24) is 15.1 Å². The average Bonchev–Trinajstić information content (AvgIpc) is 3.32. The van der Waals surface area contributed by atoms with Gasteiger partial charge in [-0.05, 0) is 49.8 Å². The van der Waals surface area contributed by atoms with E-state index in [2.05, 4.69) is 26.5 Å². The van der Waals surface area contributed by atoms with Crippen molar-refractivity contribution in [3.05, 3.63) is 16.8 Å². The molecule has 0 unspecified atom stereocenters. The van der Waals surface area contributed by atoms with E-state index in [1.54, 1.807) is 7.11 Å². The lowest BCUT2D eigenvalue weighted by Crippen LogP contribution is -2.43. The van der Waals surface area contributed by atoms with Crippen molar-refractivity contribution in [2.45, 2.75) is 37.6 Å². The summed E-state index contributed by atoms with van der Waals surface area (Å²) in [6.07, 6.45) is 4.82. The van der Waals surface area contributed by atoms with Gasteiger partial charge in [-0.3, -0.25) is 4.90 Å². The van der Waals surface area contributed by atoms with Crippen LogP contribution in [0.4, 0.5) is 5.82 Å². The number of piperidine rings is 1. The minimum atomic E-state index is 0.429. The zero-order valence-electron chi connectivity index (χ0n) is 12.5. The van der Waals surface area contributed by atoms with E-state index in [4.69, 9.17) is 16.3 Å². The molecule has 1 aliphatic carbocycles. The molecule has 0 aromatic carbocycles. The Morgan fingerprint density at radius 2 is 2.24 bits per heavy atom. The quantitative estimate of drug-likeness (QED) is 0.875. The van der Waals surface area contributed by atoms with E-state index >= 15 is 0 Å². The summed E-state index contributed by atoms with van der Waals surface area (Å²) >= 11 is 6.13. The van der Waals surface area contributed by atoms with Crippen molar-refractivity contribution in [3.8, 4) is 0 Å². The average molecular weight is 311 g/mol. The molecule has 1 aliphatic heterocycles. The fourth-order valence-corrected chi connectivity index (χ4v) is 3.19. The molecule has 2 aliphatic rings. The number of anilines is 1. The first-order valence-corrected chi connectivity index (χ1v) is 8.15. The normalized spacial score (nSPS) is 23.2. The molecule has 5 nitrogen and oxygen atoms in total. The summed E-state index contributed by atoms with van der Waals surface area (Å²) in [6.45, 7) is 3.97. The maximum absolute atomic E-state index is 6.13. The van der Waals surface area contributed by atoms with E-state index in [0.29, 0.717) is 17.1 Å². The maximum atomic E-state index is 6.13. The van der Waals surface area contributed by atoms with Crippen molar-refractivity contribution >= 4 is 17.4 Å². The highest BCUT2D eigenvalue weighted by molar-refractivity contribution is 6.30. The molecule has 1 atom stereocenters. The molecule has 1 aromatic rings. The molecule has 1 saturated carbocycles. The molecular weight excluding hydrogens is 288 g/mol. The molecule has 2 heterocycles. The number of nitrogens with one attached hydrogen (secondary N) is 1. The Bertz CT molecular complexity index is 481. The number of hydrogen-bond donors (Lipinski definition) is 1. The summed E-state index contributed by atoms with van der Waals surface area (Å²) in [5, 5.41) is 12.4. The summed E-state index contributed by atoms with van der Waals surface area (Å²) in [4.78, 5) is 2.44. The van der Waals surface area contributed by atoms with Crippen LogP contribution >= 0.6 is 11.6 Å². The van der Waals surface area contributed by atoms with Crippen LogP contribution in [0.3, 0.4) is 0 Å². The van der Waals surface area contributed by atoms with Gasteiger partial charge in [0, 0.05) is 26.2 Å². The minimum Gasteiger partial charge on any atom is -0.383 e. The molecule has 1 saturated heterocycles. The van der Waals surface area contributed by atoms with Crippen molar-refractivity contribution in [1.29, 1.82) is 0 Å². The van der Waals surface area contributed by atoms with Crippen molar-refractivity contribution in [3.63, 3.8) is 0 Å². The Hall–Kier alpha value is -0.910. The Morgan fingerprint density at radius 3 is 3.00 bits per heavy atom.